The lowest BCUT2D eigenvalue weighted by molar-refractivity contribution is -0.148. The molecule has 4 aliphatic rings. The van der Waals surface area contributed by atoms with Crippen LogP contribution in [0.3, 0.4) is 0 Å². The molecule has 1 aromatic carbocycles. The lowest BCUT2D eigenvalue weighted by Crippen LogP contribution is -2.48. The first-order valence-electron chi connectivity index (χ1n) is 10.0. The minimum Gasteiger partial charge on any atom is -0.450 e. The van der Waals surface area contributed by atoms with Crippen molar-refractivity contribution in [1.29, 1.82) is 0 Å². The Bertz CT molecular complexity index is 828. The van der Waals surface area contributed by atoms with Gasteiger partial charge >= 0.3 is 5.97 Å². The first-order chi connectivity index (χ1) is 12.7. The highest BCUT2D eigenvalue weighted by Gasteiger charge is 2.63. The fourth-order valence-corrected chi connectivity index (χ4v) is 5.58. The van der Waals surface area contributed by atoms with Gasteiger partial charge in [-0.2, -0.15) is 0 Å². The highest BCUT2D eigenvalue weighted by Crippen LogP contribution is 2.55. The van der Waals surface area contributed by atoms with E-state index in [0.717, 1.165) is 43.4 Å². The van der Waals surface area contributed by atoms with E-state index in [0.29, 0.717) is 12.1 Å². The summed E-state index contributed by atoms with van der Waals surface area (Å²) in [6, 6.07) is 9.38. The van der Waals surface area contributed by atoms with E-state index in [1.54, 1.807) is 6.08 Å². The molecule has 1 spiro atoms. The molecule has 5 rings (SSSR count). The first kappa shape index (κ1) is 16.1. The zero-order valence-corrected chi connectivity index (χ0v) is 15.3. The van der Waals surface area contributed by atoms with Crippen molar-refractivity contribution < 1.29 is 9.53 Å². The topological polar surface area (TPSA) is 29.5 Å². The number of hydrogen-bond donors (Lipinski definition) is 0. The van der Waals surface area contributed by atoms with Gasteiger partial charge in [0.25, 0.3) is 0 Å². The normalized spacial score (nSPS) is 35.0. The summed E-state index contributed by atoms with van der Waals surface area (Å²) in [4.78, 5) is 14.8. The van der Waals surface area contributed by atoms with Crippen LogP contribution in [0.15, 0.2) is 35.9 Å². The zero-order chi connectivity index (χ0) is 17.7. The number of carbonyl (C=O) groups is 1. The fourth-order valence-electron chi connectivity index (χ4n) is 5.58. The van der Waals surface area contributed by atoms with E-state index in [4.69, 9.17) is 4.74 Å². The highest BCUT2D eigenvalue weighted by molar-refractivity contribution is 5.87. The average molecular weight is 347 g/mol. The number of rotatable bonds is 1. The van der Waals surface area contributed by atoms with Crippen LogP contribution in [0, 0.1) is 17.8 Å². The third-order valence-corrected chi connectivity index (χ3v) is 6.77. The van der Waals surface area contributed by atoms with Gasteiger partial charge in [0.2, 0.25) is 0 Å². The van der Waals surface area contributed by atoms with Crippen LogP contribution in [0.1, 0.15) is 50.2 Å². The Balaban J connectivity index is 1.48. The van der Waals surface area contributed by atoms with Gasteiger partial charge in [-0.25, -0.2) is 4.79 Å². The van der Waals surface area contributed by atoms with Gasteiger partial charge in [-0.15, -0.1) is 0 Å². The Hall–Kier alpha value is -2.05. The third kappa shape index (κ3) is 2.36. The number of aryl methyl sites for hydroxylation is 1. The van der Waals surface area contributed by atoms with Crippen molar-refractivity contribution in [3.63, 3.8) is 0 Å². The van der Waals surface area contributed by atoms with Crippen molar-refractivity contribution in [2.45, 2.75) is 63.1 Å². The highest BCUT2D eigenvalue weighted by atomic mass is 16.6. The smallest absolute Gasteiger partial charge is 0.331 e. The Morgan fingerprint density at radius 2 is 2.12 bits per heavy atom. The van der Waals surface area contributed by atoms with E-state index in [2.05, 4.69) is 47.9 Å². The van der Waals surface area contributed by atoms with E-state index >= 15 is 0 Å². The number of fused-ring (bicyclic) bond motifs is 3. The summed E-state index contributed by atoms with van der Waals surface area (Å²) < 4.78 is 5.98. The number of ether oxygens (including phenoxy) is 1. The SMILES string of the molecule is CCc1ccc(C#CC2CC3CC4(OC(=O)C=C24)C2CCCCN32)cc1. The Kier molecular flexibility index (Phi) is 3.72. The molecule has 3 heterocycles. The second-order valence-corrected chi connectivity index (χ2v) is 8.13. The molecule has 3 nitrogen and oxygen atoms in total. The maximum absolute atomic E-state index is 12.2. The zero-order valence-electron chi connectivity index (χ0n) is 15.3. The molecule has 3 aliphatic heterocycles. The second-order valence-electron chi connectivity index (χ2n) is 8.13. The number of hydrogen-bond acceptors (Lipinski definition) is 3. The molecule has 134 valence electrons. The van der Waals surface area contributed by atoms with Gasteiger partial charge in [0, 0.05) is 30.0 Å². The maximum atomic E-state index is 12.2. The number of esters is 1. The van der Waals surface area contributed by atoms with Crippen molar-refractivity contribution in [2.75, 3.05) is 6.54 Å². The van der Waals surface area contributed by atoms with Crippen molar-refractivity contribution in [3.8, 4) is 11.8 Å². The van der Waals surface area contributed by atoms with Crippen molar-refractivity contribution in [3.05, 3.63) is 47.0 Å². The summed E-state index contributed by atoms with van der Waals surface area (Å²) in [5.74, 6) is 6.84. The molecule has 4 atom stereocenters. The van der Waals surface area contributed by atoms with Gasteiger partial charge in [0.1, 0.15) is 0 Å². The van der Waals surface area contributed by atoms with E-state index < -0.39 is 0 Å². The molecule has 3 heteroatoms. The Morgan fingerprint density at radius 3 is 2.92 bits per heavy atom. The molecule has 1 aromatic rings. The molecular weight excluding hydrogens is 322 g/mol. The monoisotopic (exact) mass is 347 g/mol. The molecule has 2 bridgehead atoms. The third-order valence-electron chi connectivity index (χ3n) is 6.77. The number of carbonyl (C=O) groups excluding carboxylic acids is 1. The predicted molar refractivity (Wildman–Crippen MR) is 100 cm³/mol. The van der Waals surface area contributed by atoms with E-state index in [1.165, 1.54) is 18.4 Å². The number of benzene rings is 1. The van der Waals surface area contributed by atoms with Crippen molar-refractivity contribution in [2.24, 2.45) is 5.92 Å². The van der Waals surface area contributed by atoms with Gasteiger partial charge < -0.3 is 4.74 Å². The minimum atomic E-state index is -0.383. The largest absolute Gasteiger partial charge is 0.450 e. The fraction of sp³-hybridized carbons (Fsp3) is 0.522. The summed E-state index contributed by atoms with van der Waals surface area (Å²) in [6.45, 7) is 3.30. The summed E-state index contributed by atoms with van der Waals surface area (Å²) in [5.41, 5.74) is 3.16. The number of nitrogens with zero attached hydrogens (tertiary/aromatic N) is 1. The van der Waals surface area contributed by atoms with E-state index in [-0.39, 0.29) is 17.5 Å². The van der Waals surface area contributed by atoms with Crippen LogP contribution in [-0.2, 0) is 16.0 Å². The molecule has 0 N–H and O–H groups in total. The van der Waals surface area contributed by atoms with E-state index in [9.17, 15) is 4.79 Å². The molecule has 3 fully saturated rings. The van der Waals surface area contributed by atoms with Gasteiger partial charge in [0.15, 0.2) is 5.60 Å². The first-order valence-corrected chi connectivity index (χ1v) is 10.0. The molecule has 0 radical (unpaired) electrons. The van der Waals surface area contributed by atoms with Gasteiger partial charge in [-0.3, -0.25) is 4.90 Å². The van der Waals surface area contributed by atoms with Crippen LogP contribution >= 0.6 is 0 Å². The molecular formula is C23H25NO2. The standard InChI is InChI=1S/C23H25NO2/c1-2-16-6-8-17(9-7-16)10-11-18-13-19-15-23(20(18)14-22(25)26-23)21-5-3-4-12-24(19)21/h6-9,14,18-19,21H,2-5,12-13,15H2,1H3. The molecule has 4 unspecified atom stereocenters. The molecule has 1 aliphatic carbocycles. The average Bonchev–Trinajstić information content (AvgIpc) is 3.15. The van der Waals surface area contributed by atoms with Crippen LogP contribution in [0.5, 0.6) is 0 Å². The van der Waals surface area contributed by atoms with E-state index in [1.807, 2.05) is 0 Å². The van der Waals surface area contributed by atoms with Crippen LogP contribution in [-0.4, -0.2) is 35.1 Å². The molecule has 26 heavy (non-hydrogen) atoms. The molecule has 2 saturated heterocycles. The van der Waals surface area contributed by atoms with Crippen LogP contribution in [0.25, 0.3) is 0 Å². The summed E-state index contributed by atoms with van der Waals surface area (Å²) in [6.07, 6.45) is 8.44. The van der Waals surface area contributed by atoms with Gasteiger partial charge in [-0.05, 0) is 55.5 Å². The van der Waals surface area contributed by atoms with Crippen molar-refractivity contribution >= 4 is 5.97 Å². The van der Waals surface area contributed by atoms with Crippen molar-refractivity contribution in [1.82, 2.24) is 4.90 Å². The second kappa shape index (κ2) is 5.99. The Morgan fingerprint density at radius 1 is 1.27 bits per heavy atom. The van der Waals surface area contributed by atoms with Gasteiger partial charge in [0.05, 0.1) is 6.04 Å². The lowest BCUT2D eigenvalue weighted by atomic mass is 9.72. The molecule has 0 aromatic heterocycles. The molecule has 0 amide bonds. The predicted octanol–water partition coefficient (Wildman–Crippen LogP) is 3.47. The molecule has 1 saturated carbocycles. The number of piperidine rings is 1. The minimum absolute atomic E-state index is 0.136. The van der Waals surface area contributed by atoms with Crippen LogP contribution < -0.4 is 0 Å². The van der Waals surface area contributed by atoms with Gasteiger partial charge in [-0.1, -0.05) is 37.3 Å². The maximum Gasteiger partial charge on any atom is 0.331 e. The van der Waals surface area contributed by atoms with Crippen LogP contribution in [0.4, 0.5) is 0 Å². The Labute approximate surface area is 155 Å². The summed E-state index contributed by atoms with van der Waals surface area (Å²) in [7, 11) is 0. The lowest BCUT2D eigenvalue weighted by Gasteiger charge is -2.38. The summed E-state index contributed by atoms with van der Waals surface area (Å²) >= 11 is 0. The summed E-state index contributed by atoms with van der Waals surface area (Å²) in [5, 5.41) is 0. The van der Waals surface area contributed by atoms with Crippen LogP contribution in [0.2, 0.25) is 0 Å². The quantitative estimate of drug-likeness (QED) is 0.575.